The van der Waals surface area contributed by atoms with Crippen molar-refractivity contribution in [3.63, 3.8) is 0 Å². The van der Waals surface area contributed by atoms with E-state index in [2.05, 4.69) is 24.5 Å². The van der Waals surface area contributed by atoms with Crippen LogP contribution in [0.25, 0.3) is 0 Å². The van der Waals surface area contributed by atoms with Crippen molar-refractivity contribution in [1.29, 1.82) is 0 Å². The van der Waals surface area contributed by atoms with Crippen LogP contribution in [0, 0.1) is 17.7 Å². The Kier molecular flexibility index (Phi) is 8.07. The molecular formula is C28H38FN3O2. The number of rotatable bonds is 10. The highest BCUT2D eigenvalue weighted by atomic mass is 19.1. The summed E-state index contributed by atoms with van der Waals surface area (Å²) in [6, 6.07) is 10.9. The van der Waals surface area contributed by atoms with Crippen LogP contribution >= 0.6 is 0 Å². The average Bonchev–Trinajstić information content (AvgIpc) is 3.58. The maximum absolute atomic E-state index is 13.7. The van der Waals surface area contributed by atoms with Crippen molar-refractivity contribution >= 4 is 11.8 Å². The monoisotopic (exact) mass is 467 g/mol. The molecule has 0 radical (unpaired) electrons. The van der Waals surface area contributed by atoms with Crippen LogP contribution in [0.3, 0.4) is 0 Å². The van der Waals surface area contributed by atoms with Crippen LogP contribution in [0.15, 0.2) is 42.6 Å². The molecule has 2 aliphatic carbocycles. The predicted octanol–water partition coefficient (Wildman–Crippen LogP) is 5.23. The molecule has 4 rings (SSSR count). The average molecular weight is 468 g/mol. The van der Waals surface area contributed by atoms with Gasteiger partial charge in [0.1, 0.15) is 5.82 Å². The molecule has 0 aliphatic heterocycles. The fraction of sp³-hybridized carbons (Fsp3) is 0.571. The maximum atomic E-state index is 13.7. The zero-order valence-corrected chi connectivity index (χ0v) is 20.6. The molecule has 1 aromatic carbocycles. The number of amides is 2. The van der Waals surface area contributed by atoms with Crippen LogP contribution in [-0.2, 0) is 22.7 Å². The first-order chi connectivity index (χ1) is 16.4. The van der Waals surface area contributed by atoms with E-state index in [0.29, 0.717) is 25.6 Å². The number of nitrogens with zero attached hydrogens (tertiary/aromatic N) is 3. The minimum absolute atomic E-state index is 0.0519. The zero-order valence-electron chi connectivity index (χ0n) is 20.6. The second-order valence-corrected chi connectivity index (χ2v) is 10.5. The lowest BCUT2D eigenvalue weighted by atomic mass is 9.94. The number of carbonyl (C=O) groups is 2. The first kappa shape index (κ1) is 24.5. The zero-order chi connectivity index (χ0) is 24.1. The van der Waals surface area contributed by atoms with Crippen molar-refractivity contribution in [1.82, 2.24) is 14.4 Å². The van der Waals surface area contributed by atoms with E-state index in [1.54, 1.807) is 17.0 Å². The predicted molar refractivity (Wildman–Crippen MR) is 131 cm³/mol. The first-order valence-corrected chi connectivity index (χ1v) is 12.9. The Morgan fingerprint density at radius 3 is 2.38 bits per heavy atom. The summed E-state index contributed by atoms with van der Waals surface area (Å²) >= 11 is 0. The third-order valence-corrected chi connectivity index (χ3v) is 7.01. The Bertz CT molecular complexity index is 958. The highest BCUT2D eigenvalue weighted by Gasteiger charge is 2.36. The molecule has 2 aliphatic rings. The lowest BCUT2D eigenvalue weighted by Crippen LogP contribution is -2.48. The molecule has 0 spiro atoms. The van der Waals surface area contributed by atoms with E-state index in [9.17, 15) is 14.0 Å². The van der Waals surface area contributed by atoms with Crippen molar-refractivity contribution in [2.24, 2.45) is 11.8 Å². The van der Waals surface area contributed by atoms with Crippen LogP contribution in [0.5, 0.6) is 0 Å². The topological polar surface area (TPSA) is 45.6 Å². The van der Waals surface area contributed by atoms with Gasteiger partial charge >= 0.3 is 0 Å². The largest absolute Gasteiger partial charge is 0.345 e. The van der Waals surface area contributed by atoms with Gasteiger partial charge in [0.2, 0.25) is 11.8 Å². The van der Waals surface area contributed by atoms with Gasteiger partial charge in [-0.05, 0) is 61.4 Å². The van der Waals surface area contributed by atoms with Crippen molar-refractivity contribution in [2.45, 2.75) is 77.9 Å². The lowest BCUT2D eigenvalue weighted by Gasteiger charge is -2.36. The van der Waals surface area contributed by atoms with Crippen LogP contribution in [0.2, 0.25) is 0 Å². The van der Waals surface area contributed by atoms with Crippen LogP contribution in [0.1, 0.15) is 70.1 Å². The fourth-order valence-corrected chi connectivity index (χ4v) is 5.04. The third kappa shape index (κ3) is 6.49. The van der Waals surface area contributed by atoms with Gasteiger partial charge in [-0.2, -0.15) is 0 Å². The van der Waals surface area contributed by atoms with Crippen LogP contribution < -0.4 is 0 Å². The molecule has 2 saturated carbocycles. The van der Waals surface area contributed by atoms with Crippen molar-refractivity contribution in [2.75, 3.05) is 13.1 Å². The van der Waals surface area contributed by atoms with Crippen LogP contribution in [0.4, 0.5) is 4.39 Å². The number of hydrogen-bond donors (Lipinski definition) is 0. The van der Waals surface area contributed by atoms with E-state index in [1.165, 1.54) is 18.6 Å². The molecule has 1 heterocycles. The summed E-state index contributed by atoms with van der Waals surface area (Å²) in [5.41, 5.74) is 2.08. The summed E-state index contributed by atoms with van der Waals surface area (Å²) < 4.78 is 15.5. The van der Waals surface area contributed by atoms with Gasteiger partial charge in [0.05, 0.1) is 13.1 Å². The molecule has 2 fully saturated rings. The van der Waals surface area contributed by atoms with E-state index in [0.717, 1.165) is 49.8 Å². The van der Waals surface area contributed by atoms with Gasteiger partial charge < -0.3 is 14.4 Å². The molecule has 0 saturated heterocycles. The molecule has 34 heavy (non-hydrogen) atoms. The standard InChI is InChI=1S/C28H38FN3O2/c1-21(2)17-31(28(34)23-12-13-23)20-27(33)32(25-7-4-3-5-8-25)19-26-9-6-16-30(26)18-22-10-14-24(29)15-11-22/h6,9-11,14-16,21,23,25H,3-5,7-8,12-13,17-20H2,1-2H3. The summed E-state index contributed by atoms with van der Waals surface area (Å²) in [4.78, 5) is 30.4. The minimum Gasteiger partial charge on any atom is -0.345 e. The highest BCUT2D eigenvalue weighted by molar-refractivity contribution is 5.87. The maximum Gasteiger partial charge on any atom is 0.242 e. The van der Waals surface area contributed by atoms with Gasteiger partial charge in [0.25, 0.3) is 0 Å². The second kappa shape index (κ2) is 11.2. The molecule has 184 valence electrons. The molecule has 0 N–H and O–H groups in total. The molecule has 5 nitrogen and oxygen atoms in total. The highest BCUT2D eigenvalue weighted by Crippen LogP contribution is 2.31. The molecule has 2 aromatic rings. The van der Waals surface area contributed by atoms with Crippen molar-refractivity contribution in [3.8, 4) is 0 Å². The van der Waals surface area contributed by atoms with Gasteiger partial charge in [-0.3, -0.25) is 9.59 Å². The van der Waals surface area contributed by atoms with Gasteiger partial charge in [0.15, 0.2) is 0 Å². The Hall–Kier alpha value is -2.63. The van der Waals surface area contributed by atoms with E-state index >= 15 is 0 Å². The smallest absolute Gasteiger partial charge is 0.242 e. The quantitative estimate of drug-likeness (QED) is 0.480. The number of hydrogen-bond acceptors (Lipinski definition) is 2. The molecule has 1 aromatic heterocycles. The lowest BCUT2D eigenvalue weighted by molar-refractivity contribution is -0.143. The second-order valence-electron chi connectivity index (χ2n) is 10.5. The Morgan fingerprint density at radius 2 is 1.74 bits per heavy atom. The normalized spacial score (nSPS) is 16.6. The van der Waals surface area contributed by atoms with Crippen LogP contribution in [-0.4, -0.2) is 45.3 Å². The van der Waals surface area contributed by atoms with Gasteiger partial charge in [-0.25, -0.2) is 4.39 Å². The summed E-state index contributed by atoms with van der Waals surface area (Å²) in [5, 5.41) is 0. The minimum atomic E-state index is -0.239. The number of aromatic nitrogens is 1. The summed E-state index contributed by atoms with van der Waals surface area (Å²) in [6.45, 7) is 6.15. The van der Waals surface area contributed by atoms with E-state index in [4.69, 9.17) is 0 Å². The molecule has 6 heteroatoms. The van der Waals surface area contributed by atoms with E-state index in [1.807, 2.05) is 17.2 Å². The summed E-state index contributed by atoms with van der Waals surface area (Å²) in [6.07, 6.45) is 9.46. The first-order valence-electron chi connectivity index (χ1n) is 12.9. The van der Waals surface area contributed by atoms with Crippen molar-refractivity contribution in [3.05, 3.63) is 59.7 Å². The Balaban J connectivity index is 1.51. The summed E-state index contributed by atoms with van der Waals surface area (Å²) in [7, 11) is 0. The molecule has 0 atom stereocenters. The van der Waals surface area contributed by atoms with Gasteiger partial charge in [0, 0.05) is 36.9 Å². The number of carbonyl (C=O) groups excluding carboxylic acids is 2. The third-order valence-electron chi connectivity index (χ3n) is 7.01. The molecule has 0 bridgehead atoms. The molecule has 0 unspecified atom stereocenters. The molecule has 2 amide bonds. The fourth-order valence-electron chi connectivity index (χ4n) is 5.04. The van der Waals surface area contributed by atoms with E-state index < -0.39 is 0 Å². The number of halogens is 1. The van der Waals surface area contributed by atoms with Gasteiger partial charge in [-0.15, -0.1) is 0 Å². The van der Waals surface area contributed by atoms with Gasteiger partial charge in [-0.1, -0.05) is 45.2 Å². The van der Waals surface area contributed by atoms with Crippen molar-refractivity contribution < 1.29 is 14.0 Å². The Morgan fingerprint density at radius 1 is 1.03 bits per heavy atom. The summed E-state index contributed by atoms with van der Waals surface area (Å²) in [5.74, 6) is 0.396. The van der Waals surface area contributed by atoms with E-state index in [-0.39, 0.29) is 36.1 Å². The molecular weight excluding hydrogens is 429 g/mol. The SMILES string of the molecule is CC(C)CN(CC(=O)N(Cc1cccn1Cc1ccc(F)cc1)C1CCCCC1)C(=O)C1CC1. The number of benzene rings is 1. The Labute approximate surface area is 202 Å².